The quantitative estimate of drug-likeness (QED) is 0.659. The molecule has 1 saturated carbocycles. The summed E-state index contributed by atoms with van der Waals surface area (Å²) >= 11 is 0. The minimum Gasteiger partial charge on any atom is -0.474 e. The zero-order chi connectivity index (χ0) is 9.26. The molecule has 0 saturated heterocycles. The van der Waals surface area contributed by atoms with Crippen LogP contribution in [0.3, 0.4) is 0 Å². The van der Waals surface area contributed by atoms with Crippen LogP contribution in [0.4, 0.5) is 0 Å². The molecule has 2 unspecified atom stereocenters. The topological polar surface area (TPSA) is 39.2 Å². The van der Waals surface area contributed by atoms with E-state index < -0.39 is 0 Å². The van der Waals surface area contributed by atoms with Crippen molar-refractivity contribution >= 4 is 6.29 Å². The second-order valence-corrected chi connectivity index (χ2v) is 3.42. The molecule has 0 aliphatic heterocycles. The van der Waals surface area contributed by atoms with Gasteiger partial charge in [-0.1, -0.05) is 6.92 Å². The second-order valence-electron chi connectivity index (χ2n) is 3.42. The number of aromatic nitrogens is 1. The zero-order valence-electron chi connectivity index (χ0n) is 7.43. The summed E-state index contributed by atoms with van der Waals surface area (Å²) in [6.45, 7) is 2.14. The van der Waals surface area contributed by atoms with E-state index in [2.05, 4.69) is 11.9 Å². The van der Waals surface area contributed by atoms with Crippen LogP contribution < -0.4 is 4.74 Å². The van der Waals surface area contributed by atoms with Crippen molar-refractivity contribution in [2.45, 2.75) is 19.4 Å². The standard InChI is InChI=1S/C10H11NO2/c1-7-4-9(7)13-10-3-2-8(6-12)5-11-10/h2-3,5-7,9H,4H2,1H3. The van der Waals surface area contributed by atoms with Crippen LogP contribution in [0.15, 0.2) is 18.3 Å². The molecule has 68 valence electrons. The molecular weight excluding hydrogens is 166 g/mol. The number of carbonyl (C=O) groups is 1. The summed E-state index contributed by atoms with van der Waals surface area (Å²) in [6.07, 6.45) is 3.73. The monoisotopic (exact) mass is 177 g/mol. The number of aldehydes is 1. The Labute approximate surface area is 76.7 Å². The largest absolute Gasteiger partial charge is 0.474 e. The minimum absolute atomic E-state index is 0.328. The van der Waals surface area contributed by atoms with Crippen LogP contribution in [-0.4, -0.2) is 17.4 Å². The van der Waals surface area contributed by atoms with Gasteiger partial charge in [0.05, 0.1) is 0 Å². The van der Waals surface area contributed by atoms with Gasteiger partial charge in [0.15, 0.2) is 6.29 Å². The molecule has 1 aromatic rings. The van der Waals surface area contributed by atoms with Crippen molar-refractivity contribution in [2.75, 3.05) is 0 Å². The van der Waals surface area contributed by atoms with Gasteiger partial charge >= 0.3 is 0 Å². The molecule has 1 fully saturated rings. The summed E-state index contributed by atoms with van der Waals surface area (Å²) in [4.78, 5) is 14.3. The van der Waals surface area contributed by atoms with E-state index in [4.69, 9.17) is 4.74 Å². The van der Waals surface area contributed by atoms with Crippen LogP contribution >= 0.6 is 0 Å². The SMILES string of the molecule is CC1CC1Oc1ccc(C=O)cn1. The first-order valence-corrected chi connectivity index (χ1v) is 4.37. The maximum atomic E-state index is 10.3. The predicted octanol–water partition coefficient (Wildman–Crippen LogP) is 1.68. The van der Waals surface area contributed by atoms with Gasteiger partial charge in [-0.05, 0) is 18.4 Å². The van der Waals surface area contributed by atoms with Crippen molar-refractivity contribution in [1.82, 2.24) is 4.98 Å². The highest BCUT2D eigenvalue weighted by Gasteiger charge is 2.35. The molecular formula is C10H11NO2. The Kier molecular flexibility index (Phi) is 2.00. The van der Waals surface area contributed by atoms with Crippen molar-refractivity contribution in [3.63, 3.8) is 0 Å². The van der Waals surface area contributed by atoms with E-state index in [-0.39, 0.29) is 0 Å². The van der Waals surface area contributed by atoms with Gasteiger partial charge in [-0.2, -0.15) is 0 Å². The summed E-state index contributed by atoms with van der Waals surface area (Å²) in [5, 5.41) is 0. The van der Waals surface area contributed by atoms with E-state index >= 15 is 0 Å². The van der Waals surface area contributed by atoms with E-state index in [0.29, 0.717) is 23.5 Å². The van der Waals surface area contributed by atoms with Crippen LogP contribution in [0.25, 0.3) is 0 Å². The van der Waals surface area contributed by atoms with E-state index in [0.717, 1.165) is 12.7 Å². The molecule has 0 aromatic carbocycles. The van der Waals surface area contributed by atoms with Crippen molar-refractivity contribution < 1.29 is 9.53 Å². The Bertz CT molecular complexity index is 307. The molecule has 1 aliphatic carbocycles. The molecule has 1 aliphatic rings. The lowest BCUT2D eigenvalue weighted by atomic mass is 10.3. The summed E-state index contributed by atoms with van der Waals surface area (Å²) in [5.74, 6) is 1.26. The molecule has 13 heavy (non-hydrogen) atoms. The molecule has 3 nitrogen and oxygen atoms in total. The fourth-order valence-electron chi connectivity index (χ4n) is 1.14. The molecule has 1 aromatic heterocycles. The third kappa shape index (κ3) is 1.86. The average Bonchev–Trinajstić information content (AvgIpc) is 2.83. The smallest absolute Gasteiger partial charge is 0.213 e. The summed E-state index contributed by atoms with van der Waals surface area (Å²) in [6, 6.07) is 3.44. The summed E-state index contributed by atoms with van der Waals surface area (Å²) < 4.78 is 5.51. The Balaban J connectivity index is 2.01. The first kappa shape index (κ1) is 8.23. The normalized spacial score (nSPS) is 25.3. The molecule has 0 radical (unpaired) electrons. The highest BCUT2D eigenvalue weighted by Crippen LogP contribution is 2.33. The highest BCUT2D eigenvalue weighted by molar-refractivity contribution is 5.73. The Hall–Kier alpha value is -1.38. The van der Waals surface area contributed by atoms with E-state index in [1.165, 1.54) is 6.20 Å². The number of hydrogen-bond acceptors (Lipinski definition) is 3. The summed E-state index contributed by atoms with van der Waals surface area (Å²) in [5.41, 5.74) is 0.580. The molecule has 2 rings (SSSR count). The Morgan fingerprint density at radius 3 is 2.85 bits per heavy atom. The lowest BCUT2D eigenvalue weighted by Gasteiger charge is -2.02. The lowest BCUT2D eigenvalue weighted by molar-refractivity contribution is 0.112. The number of carbonyl (C=O) groups excluding carboxylic acids is 1. The highest BCUT2D eigenvalue weighted by atomic mass is 16.5. The van der Waals surface area contributed by atoms with Crippen LogP contribution in [0.5, 0.6) is 5.88 Å². The van der Waals surface area contributed by atoms with Gasteiger partial charge in [-0.3, -0.25) is 4.79 Å². The van der Waals surface area contributed by atoms with Gasteiger partial charge in [0.25, 0.3) is 0 Å². The van der Waals surface area contributed by atoms with E-state index in [1.807, 2.05) is 0 Å². The maximum absolute atomic E-state index is 10.3. The van der Waals surface area contributed by atoms with Gasteiger partial charge in [-0.15, -0.1) is 0 Å². The first-order valence-electron chi connectivity index (χ1n) is 4.37. The number of pyridine rings is 1. The van der Waals surface area contributed by atoms with Gasteiger partial charge in [0.2, 0.25) is 5.88 Å². The van der Waals surface area contributed by atoms with Crippen molar-refractivity contribution in [3.05, 3.63) is 23.9 Å². The lowest BCUT2D eigenvalue weighted by Crippen LogP contribution is -2.00. The second kappa shape index (κ2) is 3.17. The third-order valence-corrected chi connectivity index (χ3v) is 2.20. The predicted molar refractivity (Wildman–Crippen MR) is 47.8 cm³/mol. The first-order chi connectivity index (χ1) is 6.29. The average molecular weight is 177 g/mol. The Morgan fingerprint density at radius 2 is 2.38 bits per heavy atom. The van der Waals surface area contributed by atoms with E-state index in [9.17, 15) is 4.79 Å². The molecule has 2 atom stereocenters. The van der Waals surface area contributed by atoms with Gasteiger partial charge in [-0.25, -0.2) is 4.98 Å². The van der Waals surface area contributed by atoms with Crippen LogP contribution in [0.2, 0.25) is 0 Å². The van der Waals surface area contributed by atoms with Gasteiger partial charge in [0.1, 0.15) is 6.10 Å². The number of rotatable bonds is 3. The molecule has 1 heterocycles. The number of hydrogen-bond donors (Lipinski definition) is 0. The molecule has 0 N–H and O–H groups in total. The van der Waals surface area contributed by atoms with Gasteiger partial charge < -0.3 is 4.74 Å². The van der Waals surface area contributed by atoms with Crippen LogP contribution in [0.1, 0.15) is 23.7 Å². The molecule has 0 bridgehead atoms. The van der Waals surface area contributed by atoms with Crippen molar-refractivity contribution in [1.29, 1.82) is 0 Å². The third-order valence-electron chi connectivity index (χ3n) is 2.20. The molecule has 0 spiro atoms. The van der Waals surface area contributed by atoms with Crippen LogP contribution in [-0.2, 0) is 0 Å². The van der Waals surface area contributed by atoms with Crippen molar-refractivity contribution in [2.24, 2.45) is 5.92 Å². The van der Waals surface area contributed by atoms with Crippen molar-refractivity contribution in [3.8, 4) is 5.88 Å². The van der Waals surface area contributed by atoms with E-state index in [1.54, 1.807) is 12.1 Å². The fraction of sp³-hybridized carbons (Fsp3) is 0.400. The zero-order valence-corrected chi connectivity index (χ0v) is 7.43. The molecule has 0 amide bonds. The molecule has 3 heteroatoms. The maximum Gasteiger partial charge on any atom is 0.213 e. The Morgan fingerprint density at radius 1 is 1.62 bits per heavy atom. The number of ether oxygens (including phenoxy) is 1. The van der Waals surface area contributed by atoms with Gasteiger partial charge in [0, 0.05) is 17.8 Å². The minimum atomic E-state index is 0.328. The van der Waals surface area contributed by atoms with Crippen LogP contribution in [0, 0.1) is 5.92 Å². The summed E-state index contributed by atoms with van der Waals surface area (Å²) in [7, 11) is 0. The fourth-order valence-corrected chi connectivity index (χ4v) is 1.14. The number of nitrogens with zero attached hydrogens (tertiary/aromatic N) is 1.